The second kappa shape index (κ2) is 9.47. The molecular formula is C12H25O7P. The van der Waals surface area contributed by atoms with Crippen molar-refractivity contribution in [3.63, 3.8) is 0 Å². The Morgan fingerprint density at radius 2 is 1.70 bits per heavy atom. The molecule has 0 bridgehead atoms. The van der Waals surface area contributed by atoms with Gasteiger partial charge in [0, 0.05) is 0 Å². The standard InChI is InChI=1S/C12H25O7P/c1-5-12(3,4)11(13)17-9-7-16-8-10-19-20(14,15)18-6-2/h5-10H2,1-4H3,(H,14,15). The quantitative estimate of drug-likeness (QED) is 0.355. The maximum atomic E-state index is 11.6. The molecule has 0 rings (SSSR count). The maximum absolute atomic E-state index is 11.6. The summed E-state index contributed by atoms with van der Waals surface area (Å²) in [6, 6.07) is 0. The minimum Gasteiger partial charge on any atom is -0.463 e. The average Bonchev–Trinajstić information content (AvgIpc) is 2.37. The van der Waals surface area contributed by atoms with Gasteiger partial charge < -0.3 is 14.4 Å². The van der Waals surface area contributed by atoms with Gasteiger partial charge >= 0.3 is 13.8 Å². The molecule has 0 heterocycles. The fraction of sp³-hybridized carbons (Fsp3) is 0.917. The third kappa shape index (κ3) is 8.66. The van der Waals surface area contributed by atoms with E-state index in [0.717, 1.165) is 0 Å². The Hall–Kier alpha value is -0.460. The van der Waals surface area contributed by atoms with Crippen LogP contribution < -0.4 is 0 Å². The summed E-state index contributed by atoms with van der Waals surface area (Å²) < 4.78 is 30.4. The molecule has 0 aromatic carbocycles. The first-order valence-electron chi connectivity index (χ1n) is 6.62. The van der Waals surface area contributed by atoms with E-state index in [2.05, 4.69) is 9.05 Å². The summed E-state index contributed by atoms with van der Waals surface area (Å²) in [6.07, 6.45) is 0.698. The van der Waals surface area contributed by atoms with Crippen LogP contribution in [0.5, 0.6) is 0 Å². The Morgan fingerprint density at radius 1 is 1.10 bits per heavy atom. The first-order chi connectivity index (χ1) is 9.25. The number of hydrogen-bond donors (Lipinski definition) is 1. The topological polar surface area (TPSA) is 91.3 Å². The van der Waals surface area contributed by atoms with E-state index >= 15 is 0 Å². The lowest BCUT2D eigenvalue weighted by atomic mass is 9.91. The van der Waals surface area contributed by atoms with Crippen molar-refractivity contribution >= 4 is 13.8 Å². The van der Waals surface area contributed by atoms with Gasteiger partial charge in [0.15, 0.2) is 0 Å². The number of carbonyl (C=O) groups excluding carboxylic acids is 1. The maximum Gasteiger partial charge on any atom is 0.472 e. The van der Waals surface area contributed by atoms with Crippen LogP contribution in [0.1, 0.15) is 34.1 Å². The van der Waals surface area contributed by atoms with Gasteiger partial charge in [-0.1, -0.05) is 6.92 Å². The van der Waals surface area contributed by atoms with Gasteiger partial charge in [0.2, 0.25) is 0 Å². The highest BCUT2D eigenvalue weighted by Gasteiger charge is 2.26. The summed E-state index contributed by atoms with van der Waals surface area (Å²) in [5, 5.41) is 0. The zero-order chi connectivity index (χ0) is 15.6. The molecule has 8 heteroatoms. The van der Waals surface area contributed by atoms with Crippen LogP contribution in [0.3, 0.4) is 0 Å². The summed E-state index contributed by atoms with van der Waals surface area (Å²) in [4.78, 5) is 20.7. The molecule has 0 aromatic heterocycles. The average molecular weight is 312 g/mol. The first-order valence-corrected chi connectivity index (χ1v) is 8.11. The number of phosphoric acid groups is 1. The van der Waals surface area contributed by atoms with Crippen LogP contribution in [0.4, 0.5) is 0 Å². The molecule has 120 valence electrons. The Bertz CT molecular complexity index is 330. The van der Waals surface area contributed by atoms with Gasteiger partial charge in [-0.3, -0.25) is 13.8 Å². The van der Waals surface area contributed by atoms with Crippen molar-refractivity contribution in [3.05, 3.63) is 0 Å². The molecule has 0 saturated heterocycles. The number of ether oxygens (including phenoxy) is 2. The van der Waals surface area contributed by atoms with Gasteiger partial charge in [-0.25, -0.2) is 4.57 Å². The van der Waals surface area contributed by atoms with Crippen molar-refractivity contribution in [3.8, 4) is 0 Å². The van der Waals surface area contributed by atoms with Crippen LogP contribution in [0.15, 0.2) is 0 Å². The van der Waals surface area contributed by atoms with Crippen LogP contribution >= 0.6 is 7.82 Å². The Morgan fingerprint density at radius 3 is 2.25 bits per heavy atom. The molecule has 0 amide bonds. The summed E-state index contributed by atoms with van der Waals surface area (Å²) in [6.45, 7) is 7.64. The summed E-state index contributed by atoms with van der Waals surface area (Å²) in [5.74, 6) is -0.268. The highest BCUT2D eigenvalue weighted by Crippen LogP contribution is 2.42. The van der Waals surface area contributed by atoms with Gasteiger partial charge in [0.05, 0.1) is 31.8 Å². The predicted molar refractivity (Wildman–Crippen MR) is 73.3 cm³/mol. The summed E-state index contributed by atoms with van der Waals surface area (Å²) in [5.41, 5.74) is -0.496. The zero-order valence-corrected chi connectivity index (χ0v) is 13.5. The Labute approximate surface area is 120 Å². The second-order valence-electron chi connectivity index (χ2n) is 4.71. The molecule has 0 aliphatic heterocycles. The number of phosphoric ester groups is 1. The molecule has 1 N–H and O–H groups in total. The fourth-order valence-electron chi connectivity index (χ4n) is 1.05. The Kier molecular flexibility index (Phi) is 9.25. The van der Waals surface area contributed by atoms with Gasteiger partial charge in [-0.15, -0.1) is 0 Å². The molecule has 0 radical (unpaired) electrons. The van der Waals surface area contributed by atoms with Gasteiger partial charge in [-0.05, 0) is 27.2 Å². The molecule has 1 unspecified atom stereocenters. The highest BCUT2D eigenvalue weighted by molar-refractivity contribution is 7.47. The second-order valence-corrected chi connectivity index (χ2v) is 6.16. The van der Waals surface area contributed by atoms with E-state index in [0.29, 0.717) is 6.42 Å². The van der Waals surface area contributed by atoms with Crippen LogP contribution in [-0.2, 0) is 27.9 Å². The van der Waals surface area contributed by atoms with Crippen molar-refractivity contribution in [2.45, 2.75) is 34.1 Å². The normalized spacial score (nSPS) is 14.8. The smallest absolute Gasteiger partial charge is 0.463 e. The molecule has 0 fully saturated rings. The monoisotopic (exact) mass is 312 g/mol. The number of esters is 1. The van der Waals surface area contributed by atoms with Crippen LogP contribution in [0.25, 0.3) is 0 Å². The fourth-order valence-corrected chi connectivity index (χ4v) is 1.75. The lowest BCUT2D eigenvalue weighted by molar-refractivity contribution is -0.155. The predicted octanol–water partition coefficient (Wildman–Crippen LogP) is 2.14. The van der Waals surface area contributed by atoms with Crippen LogP contribution in [0.2, 0.25) is 0 Å². The van der Waals surface area contributed by atoms with Crippen molar-refractivity contribution in [1.29, 1.82) is 0 Å². The first kappa shape index (κ1) is 19.5. The van der Waals surface area contributed by atoms with E-state index in [-0.39, 0.29) is 39.0 Å². The van der Waals surface area contributed by atoms with E-state index < -0.39 is 13.2 Å². The number of rotatable bonds is 11. The molecule has 0 spiro atoms. The summed E-state index contributed by atoms with van der Waals surface area (Å²) >= 11 is 0. The van der Waals surface area contributed by atoms with E-state index in [4.69, 9.17) is 14.4 Å². The van der Waals surface area contributed by atoms with E-state index in [1.54, 1.807) is 6.92 Å². The molecule has 20 heavy (non-hydrogen) atoms. The van der Waals surface area contributed by atoms with Crippen LogP contribution in [-0.4, -0.2) is 43.9 Å². The van der Waals surface area contributed by atoms with Gasteiger partial charge in [0.1, 0.15) is 6.61 Å². The molecule has 7 nitrogen and oxygen atoms in total. The third-order valence-corrected chi connectivity index (χ3v) is 3.76. The number of hydrogen-bond acceptors (Lipinski definition) is 6. The Balaban J connectivity index is 3.60. The minimum absolute atomic E-state index is 0.0673. The van der Waals surface area contributed by atoms with Crippen molar-refractivity contribution < 1.29 is 32.8 Å². The van der Waals surface area contributed by atoms with Crippen molar-refractivity contribution in [1.82, 2.24) is 0 Å². The lowest BCUT2D eigenvalue weighted by Gasteiger charge is -2.20. The van der Waals surface area contributed by atoms with Crippen molar-refractivity contribution in [2.75, 3.05) is 33.0 Å². The SMILES string of the molecule is CCOP(=O)(O)OCCOCCOC(=O)C(C)(C)CC. The largest absolute Gasteiger partial charge is 0.472 e. The van der Waals surface area contributed by atoms with E-state index in [1.165, 1.54) is 0 Å². The summed E-state index contributed by atoms with van der Waals surface area (Å²) in [7, 11) is -3.96. The third-order valence-electron chi connectivity index (χ3n) is 2.67. The van der Waals surface area contributed by atoms with Gasteiger partial charge in [0.25, 0.3) is 0 Å². The molecule has 1 atom stereocenters. The van der Waals surface area contributed by atoms with E-state index in [1.807, 2.05) is 20.8 Å². The van der Waals surface area contributed by atoms with Crippen molar-refractivity contribution in [2.24, 2.45) is 5.41 Å². The molecule has 0 aliphatic carbocycles. The molecule has 0 aliphatic rings. The number of carbonyl (C=O) groups is 1. The minimum atomic E-state index is -3.96. The zero-order valence-electron chi connectivity index (χ0n) is 12.6. The lowest BCUT2D eigenvalue weighted by Crippen LogP contribution is -2.27. The highest BCUT2D eigenvalue weighted by atomic mass is 31.2. The van der Waals surface area contributed by atoms with Crippen LogP contribution in [0, 0.1) is 5.41 Å². The molecule has 0 aromatic rings. The van der Waals surface area contributed by atoms with E-state index in [9.17, 15) is 9.36 Å². The van der Waals surface area contributed by atoms with Gasteiger partial charge in [-0.2, -0.15) is 0 Å². The molecular weight excluding hydrogens is 287 g/mol. The molecule has 0 saturated carbocycles.